The van der Waals surface area contributed by atoms with Crippen LogP contribution in [0.1, 0.15) is 15.9 Å². The molecule has 30 heavy (non-hydrogen) atoms. The molecule has 0 aliphatic heterocycles. The molecular weight excluding hydrogens is 376 g/mol. The van der Waals surface area contributed by atoms with Gasteiger partial charge in [-0.25, -0.2) is 0 Å². The first kappa shape index (κ1) is 19.1. The molecule has 4 aromatic carbocycles. The zero-order valence-corrected chi connectivity index (χ0v) is 16.1. The summed E-state index contributed by atoms with van der Waals surface area (Å²) in [5, 5.41) is 0. The van der Waals surface area contributed by atoms with Gasteiger partial charge in [-0.05, 0) is 60.7 Å². The number of carbonyl (C=O) groups excluding carboxylic acids is 1. The lowest BCUT2D eigenvalue weighted by atomic mass is 9.99. The van der Waals surface area contributed by atoms with Gasteiger partial charge >= 0.3 is 0 Å². The van der Waals surface area contributed by atoms with Crippen molar-refractivity contribution in [1.82, 2.24) is 0 Å². The SMILES string of the molecule is Nc1ccc(Oc2ccccc2)cc1C(=O)c1cc(Oc2ccccc2)ccc1N. The molecule has 5 heteroatoms. The molecule has 0 fully saturated rings. The van der Waals surface area contributed by atoms with Gasteiger partial charge in [0.1, 0.15) is 23.0 Å². The largest absolute Gasteiger partial charge is 0.457 e. The molecule has 0 aliphatic carbocycles. The maximum Gasteiger partial charge on any atom is 0.197 e. The van der Waals surface area contributed by atoms with Crippen molar-refractivity contribution >= 4 is 17.2 Å². The number of hydrogen-bond acceptors (Lipinski definition) is 5. The Kier molecular flexibility index (Phi) is 5.35. The summed E-state index contributed by atoms with van der Waals surface area (Å²) in [6.45, 7) is 0. The Bertz CT molecular complexity index is 1080. The molecule has 0 bridgehead atoms. The van der Waals surface area contributed by atoms with Crippen LogP contribution in [0.5, 0.6) is 23.0 Å². The third-order valence-corrected chi connectivity index (χ3v) is 4.50. The highest BCUT2D eigenvalue weighted by Crippen LogP contribution is 2.30. The summed E-state index contributed by atoms with van der Waals surface area (Å²) < 4.78 is 11.7. The second-order valence-corrected chi connectivity index (χ2v) is 6.66. The molecule has 5 nitrogen and oxygen atoms in total. The van der Waals surface area contributed by atoms with Crippen LogP contribution in [0.25, 0.3) is 0 Å². The summed E-state index contributed by atoms with van der Waals surface area (Å²) in [6.07, 6.45) is 0. The number of para-hydroxylation sites is 2. The van der Waals surface area contributed by atoms with Gasteiger partial charge in [-0.3, -0.25) is 4.79 Å². The van der Waals surface area contributed by atoms with Crippen LogP contribution in [0, 0.1) is 0 Å². The van der Waals surface area contributed by atoms with E-state index in [0.717, 1.165) is 0 Å². The second kappa shape index (κ2) is 8.41. The van der Waals surface area contributed by atoms with Gasteiger partial charge in [0.15, 0.2) is 5.78 Å². The molecule has 0 aromatic heterocycles. The zero-order chi connectivity index (χ0) is 20.9. The highest BCUT2D eigenvalue weighted by atomic mass is 16.5. The first-order valence-electron chi connectivity index (χ1n) is 9.40. The summed E-state index contributed by atoms with van der Waals surface area (Å²) in [4.78, 5) is 13.2. The number of rotatable bonds is 6. The van der Waals surface area contributed by atoms with E-state index in [1.54, 1.807) is 36.4 Å². The van der Waals surface area contributed by atoms with Crippen LogP contribution in [-0.4, -0.2) is 5.78 Å². The van der Waals surface area contributed by atoms with Gasteiger partial charge in [-0.15, -0.1) is 0 Å². The summed E-state index contributed by atoms with van der Waals surface area (Å²) in [5.41, 5.74) is 13.5. The van der Waals surface area contributed by atoms with Crippen LogP contribution in [0.15, 0.2) is 97.1 Å². The molecule has 0 saturated heterocycles. The number of nitrogen functional groups attached to an aromatic ring is 2. The average Bonchev–Trinajstić information content (AvgIpc) is 2.77. The second-order valence-electron chi connectivity index (χ2n) is 6.66. The summed E-state index contributed by atoms with van der Waals surface area (Å²) in [6, 6.07) is 28.6. The monoisotopic (exact) mass is 396 g/mol. The minimum atomic E-state index is -0.304. The molecular formula is C25H20N2O3. The number of anilines is 2. The molecule has 0 aliphatic rings. The standard InChI is InChI=1S/C25H20N2O3/c26-23-13-11-19(29-17-7-3-1-4-8-17)15-21(23)25(28)22-16-20(12-14-24(22)27)30-18-9-5-2-6-10-18/h1-16H,26-27H2. The van der Waals surface area contributed by atoms with Crippen molar-refractivity contribution in [2.24, 2.45) is 0 Å². The molecule has 4 aromatic rings. The van der Waals surface area contributed by atoms with Crippen molar-refractivity contribution in [1.29, 1.82) is 0 Å². The topological polar surface area (TPSA) is 87.6 Å². The Morgan fingerprint density at radius 1 is 0.533 bits per heavy atom. The smallest absolute Gasteiger partial charge is 0.197 e. The average molecular weight is 396 g/mol. The van der Waals surface area contributed by atoms with E-state index in [2.05, 4.69) is 0 Å². The summed E-state index contributed by atoms with van der Waals surface area (Å²) in [7, 11) is 0. The highest BCUT2D eigenvalue weighted by Gasteiger charge is 2.18. The minimum Gasteiger partial charge on any atom is -0.457 e. The third kappa shape index (κ3) is 4.25. The Hall–Kier alpha value is -4.25. The van der Waals surface area contributed by atoms with Crippen molar-refractivity contribution in [2.75, 3.05) is 11.5 Å². The Morgan fingerprint density at radius 3 is 1.33 bits per heavy atom. The fraction of sp³-hybridized carbons (Fsp3) is 0. The Balaban J connectivity index is 1.64. The number of hydrogen-bond donors (Lipinski definition) is 2. The maximum absolute atomic E-state index is 13.2. The van der Waals surface area contributed by atoms with E-state index >= 15 is 0 Å². The van der Waals surface area contributed by atoms with Gasteiger partial charge in [0, 0.05) is 22.5 Å². The van der Waals surface area contributed by atoms with Gasteiger partial charge in [0.2, 0.25) is 0 Å². The van der Waals surface area contributed by atoms with E-state index in [4.69, 9.17) is 20.9 Å². The Morgan fingerprint density at radius 2 is 0.933 bits per heavy atom. The molecule has 148 valence electrons. The van der Waals surface area contributed by atoms with E-state index in [1.165, 1.54) is 0 Å². The number of ketones is 1. The van der Waals surface area contributed by atoms with Gasteiger partial charge in [-0.2, -0.15) is 0 Å². The molecule has 0 radical (unpaired) electrons. The van der Waals surface area contributed by atoms with Gasteiger partial charge in [-0.1, -0.05) is 36.4 Å². The first-order chi connectivity index (χ1) is 14.6. The highest BCUT2D eigenvalue weighted by molar-refractivity contribution is 6.15. The zero-order valence-electron chi connectivity index (χ0n) is 16.1. The van der Waals surface area contributed by atoms with Crippen molar-refractivity contribution in [3.63, 3.8) is 0 Å². The van der Waals surface area contributed by atoms with Crippen molar-refractivity contribution in [3.05, 3.63) is 108 Å². The van der Waals surface area contributed by atoms with E-state index in [1.807, 2.05) is 60.7 Å². The maximum atomic E-state index is 13.2. The normalized spacial score (nSPS) is 10.4. The van der Waals surface area contributed by atoms with E-state index < -0.39 is 0 Å². The molecule has 0 atom stereocenters. The van der Waals surface area contributed by atoms with Gasteiger partial charge in [0.05, 0.1) is 0 Å². The van der Waals surface area contributed by atoms with E-state index in [-0.39, 0.29) is 5.78 Å². The number of ether oxygens (including phenoxy) is 2. The van der Waals surface area contributed by atoms with Crippen molar-refractivity contribution in [2.45, 2.75) is 0 Å². The number of nitrogens with two attached hydrogens (primary N) is 2. The molecule has 0 amide bonds. The van der Waals surface area contributed by atoms with Crippen LogP contribution in [0.4, 0.5) is 11.4 Å². The predicted octanol–water partition coefficient (Wildman–Crippen LogP) is 5.67. The fourth-order valence-electron chi connectivity index (χ4n) is 2.99. The predicted molar refractivity (Wildman–Crippen MR) is 118 cm³/mol. The van der Waals surface area contributed by atoms with Crippen molar-refractivity contribution < 1.29 is 14.3 Å². The lowest BCUT2D eigenvalue weighted by molar-refractivity contribution is 0.104. The van der Waals surface area contributed by atoms with Crippen LogP contribution in [-0.2, 0) is 0 Å². The number of carbonyl (C=O) groups is 1. The van der Waals surface area contributed by atoms with Crippen LogP contribution >= 0.6 is 0 Å². The van der Waals surface area contributed by atoms with E-state index in [0.29, 0.717) is 45.5 Å². The quantitative estimate of drug-likeness (QED) is 0.324. The molecule has 0 spiro atoms. The van der Waals surface area contributed by atoms with Crippen LogP contribution in [0.2, 0.25) is 0 Å². The van der Waals surface area contributed by atoms with Crippen LogP contribution < -0.4 is 20.9 Å². The van der Waals surface area contributed by atoms with Crippen LogP contribution in [0.3, 0.4) is 0 Å². The lowest BCUT2D eigenvalue weighted by Crippen LogP contribution is -2.08. The lowest BCUT2D eigenvalue weighted by Gasteiger charge is -2.12. The summed E-state index contributed by atoms with van der Waals surface area (Å²) in [5.74, 6) is 2.04. The molecule has 4 rings (SSSR count). The molecule has 0 heterocycles. The van der Waals surface area contributed by atoms with E-state index in [9.17, 15) is 4.79 Å². The molecule has 0 unspecified atom stereocenters. The summed E-state index contributed by atoms with van der Waals surface area (Å²) >= 11 is 0. The van der Waals surface area contributed by atoms with Gasteiger partial charge in [0.25, 0.3) is 0 Å². The first-order valence-corrected chi connectivity index (χ1v) is 9.40. The number of benzene rings is 4. The Labute approximate surface area is 174 Å². The molecule has 4 N–H and O–H groups in total. The van der Waals surface area contributed by atoms with Crippen molar-refractivity contribution in [3.8, 4) is 23.0 Å². The fourth-order valence-corrected chi connectivity index (χ4v) is 2.99. The molecule has 0 saturated carbocycles. The van der Waals surface area contributed by atoms with Gasteiger partial charge < -0.3 is 20.9 Å². The third-order valence-electron chi connectivity index (χ3n) is 4.50. The minimum absolute atomic E-state index is 0.304.